The number of unbranched alkanes of at least 4 members (excludes halogenated alkanes) is 2. The van der Waals surface area contributed by atoms with Gasteiger partial charge in [-0.1, -0.05) is 30.3 Å². The van der Waals surface area contributed by atoms with Crippen molar-refractivity contribution in [3.05, 3.63) is 78.1 Å². The first-order chi connectivity index (χ1) is 18.5. The van der Waals surface area contributed by atoms with Crippen LogP contribution in [0.5, 0.6) is 5.75 Å². The Hall–Kier alpha value is -4.20. The van der Waals surface area contributed by atoms with Crippen molar-refractivity contribution in [3.63, 3.8) is 0 Å². The number of nitrogens with one attached hydrogen (secondary N) is 1. The van der Waals surface area contributed by atoms with Crippen LogP contribution in [-0.4, -0.2) is 41.1 Å². The number of amides is 4. The molecule has 1 saturated carbocycles. The molecule has 2 heterocycles. The van der Waals surface area contributed by atoms with Crippen LogP contribution in [0.2, 0.25) is 0 Å². The maximum absolute atomic E-state index is 13.5. The highest BCUT2D eigenvalue weighted by Crippen LogP contribution is 2.32. The van der Waals surface area contributed by atoms with Gasteiger partial charge in [0.15, 0.2) is 0 Å². The molecule has 5 rings (SSSR count). The van der Waals surface area contributed by atoms with Crippen LogP contribution in [0.1, 0.15) is 55.8 Å². The van der Waals surface area contributed by atoms with Crippen LogP contribution < -0.4 is 10.1 Å². The fraction of sp³-hybridized carbons (Fsp3) is 0.310. The van der Waals surface area contributed by atoms with E-state index in [4.69, 9.17) is 10.5 Å². The van der Waals surface area contributed by atoms with E-state index in [1.165, 1.54) is 0 Å². The first-order valence-corrected chi connectivity index (χ1v) is 12.5. The average molecular weight is 501 g/mol. The molecule has 8 nitrogen and oxygen atoms in total. The normalized spacial score (nSPS) is 16.1. The summed E-state index contributed by atoms with van der Waals surface area (Å²) >= 11 is 0. The summed E-state index contributed by atoms with van der Waals surface area (Å²) in [4.78, 5) is 41.5. The fourth-order valence-corrected chi connectivity index (χ4v) is 4.21. The van der Waals surface area contributed by atoms with Gasteiger partial charge in [-0.25, -0.2) is 4.79 Å². The lowest BCUT2D eigenvalue weighted by Gasteiger charge is -2.24. The Labute approximate surface area is 216 Å². The van der Waals surface area contributed by atoms with Crippen molar-refractivity contribution in [3.8, 4) is 17.1 Å². The van der Waals surface area contributed by atoms with E-state index >= 15 is 0 Å². The van der Waals surface area contributed by atoms with E-state index in [0.717, 1.165) is 37.0 Å². The monoisotopic (exact) mass is 500 g/mol. The summed E-state index contributed by atoms with van der Waals surface area (Å²) in [6.45, 7) is -0.458. The molecule has 1 aliphatic carbocycles. The third-order valence-corrected chi connectivity index (χ3v) is 6.34. The smallest absolute Gasteiger partial charge is 0.348 e. The van der Waals surface area contributed by atoms with Gasteiger partial charge in [0.05, 0.1) is 14.2 Å². The summed E-state index contributed by atoms with van der Waals surface area (Å²) < 4.78 is 20.5. The molecule has 8 heteroatoms. The number of nitrogens with zero attached hydrogens (tertiary/aromatic N) is 2. The van der Waals surface area contributed by atoms with Gasteiger partial charge in [0, 0.05) is 29.3 Å². The van der Waals surface area contributed by atoms with Gasteiger partial charge in [-0.05, 0) is 68.9 Å². The molecule has 2 aromatic carbocycles. The number of rotatable bonds is 12. The van der Waals surface area contributed by atoms with Crippen LogP contribution in [-0.2, 0) is 11.3 Å². The second-order valence-electron chi connectivity index (χ2n) is 9.14. The second-order valence-corrected chi connectivity index (χ2v) is 9.14. The lowest BCUT2D eigenvalue weighted by Crippen LogP contribution is -2.32. The number of para-hydroxylation sites is 1. The molecule has 1 aromatic heterocycles. The Morgan fingerprint density at radius 2 is 1.86 bits per heavy atom. The van der Waals surface area contributed by atoms with Crippen LogP contribution in [0.15, 0.2) is 76.3 Å². The largest absolute Gasteiger partial charge is 0.493 e. The van der Waals surface area contributed by atoms with Gasteiger partial charge in [-0.3, -0.25) is 14.9 Å². The van der Waals surface area contributed by atoms with Gasteiger partial charge < -0.3 is 14.1 Å². The SMILES string of the molecule is [2H]C(c1ccccc1OCCCCCC1=NC(=O)NC1=O)N(C(=O)c1ccc(-c2ccco2)cc1)C1CC1. The number of furan rings is 1. The molecule has 0 spiro atoms. The van der Waals surface area contributed by atoms with Crippen molar-refractivity contribution in [1.29, 1.82) is 0 Å². The highest BCUT2D eigenvalue weighted by molar-refractivity contribution is 6.46. The summed E-state index contributed by atoms with van der Waals surface area (Å²) in [6, 6.07) is 17.8. The molecule has 4 amide bonds. The van der Waals surface area contributed by atoms with E-state index in [-0.39, 0.29) is 17.7 Å². The molecule has 1 N–H and O–H groups in total. The Balaban J connectivity index is 1.20. The van der Waals surface area contributed by atoms with E-state index in [2.05, 4.69) is 10.3 Å². The molecule has 2 aliphatic rings. The lowest BCUT2D eigenvalue weighted by atomic mass is 10.1. The molecule has 0 radical (unpaired) electrons. The molecule has 1 unspecified atom stereocenters. The highest BCUT2D eigenvalue weighted by Gasteiger charge is 2.33. The third-order valence-electron chi connectivity index (χ3n) is 6.34. The minimum atomic E-state index is -0.896. The number of aliphatic imine (C=N–C) groups is 1. The highest BCUT2D eigenvalue weighted by atomic mass is 16.5. The Morgan fingerprint density at radius 1 is 1.05 bits per heavy atom. The van der Waals surface area contributed by atoms with E-state index in [9.17, 15) is 14.4 Å². The van der Waals surface area contributed by atoms with E-state index in [1.54, 1.807) is 23.3 Å². The maximum atomic E-state index is 13.5. The number of ether oxygens (including phenoxy) is 1. The molecule has 190 valence electrons. The summed E-state index contributed by atoms with van der Waals surface area (Å²) in [7, 11) is 0. The van der Waals surface area contributed by atoms with E-state index in [0.29, 0.717) is 36.3 Å². The van der Waals surface area contributed by atoms with Crippen LogP contribution in [0.3, 0.4) is 0 Å². The Bertz CT molecular complexity index is 1330. The molecule has 1 aliphatic heterocycles. The molecule has 0 saturated heterocycles. The van der Waals surface area contributed by atoms with Gasteiger partial charge in [0.1, 0.15) is 17.2 Å². The van der Waals surface area contributed by atoms with Gasteiger partial charge >= 0.3 is 6.03 Å². The van der Waals surface area contributed by atoms with Gasteiger partial charge in [-0.15, -0.1) is 0 Å². The van der Waals surface area contributed by atoms with Crippen molar-refractivity contribution in [1.82, 2.24) is 10.2 Å². The summed E-state index contributed by atoms with van der Waals surface area (Å²) in [6.07, 6.45) is 6.08. The number of carbonyl (C=O) groups is 3. The first kappa shape index (κ1) is 23.2. The summed E-state index contributed by atoms with van der Waals surface area (Å²) in [5.74, 6) is 0.736. The molecule has 1 fully saturated rings. The predicted octanol–water partition coefficient (Wildman–Crippen LogP) is 5.38. The molecule has 0 bridgehead atoms. The number of imide groups is 1. The topological polar surface area (TPSA) is 101 Å². The zero-order valence-electron chi connectivity index (χ0n) is 21.4. The zero-order valence-corrected chi connectivity index (χ0v) is 20.4. The van der Waals surface area contributed by atoms with E-state index < -0.39 is 18.5 Å². The minimum absolute atomic E-state index is 0.0328. The van der Waals surface area contributed by atoms with Crippen molar-refractivity contribution in [2.45, 2.75) is 51.1 Å². The maximum Gasteiger partial charge on any atom is 0.348 e. The van der Waals surface area contributed by atoms with Crippen LogP contribution in [0.4, 0.5) is 4.79 Å². The van der Waals surface area contributed by atoms with Crippen LogP contribution in [0.25, 0.3) is 11.3 Å². The number of urea groups is 1. The Morgan fingerprint density at radius 3 is 2.57 bits per heavy atom. The minimum Gasteiger partial charge on any atom is -0.493 e. The number of benzene rings is 2. The molecule has 37 heavy (non-hydrogen) atoms. The molecular weight excluding hydrogens is 470 g/mol. The number of hydrogen-bond donors (Lipinski definition) is 1. The molecule has 1 atom stereocenters. The molecular formula is C29H29N3O5. The summed E-state index contributed by atoms with van der Waals surface area (Å²) in [5.41, 5.74) is 2.35. The fourth-order valence-electron chi connectivity index (χ4n) is 4.21. The molecule has 3 aromatic rings. The average Bonchev–Trinajstić information content (AvgIpc) is 3.48. The summed E-state index contributed by atoms with van der Waals surface area (Å²) in [5, 5.41) is 2.15. The van der Waals surface area contributed by atoms with Crippen molar-refractivity contribution < 1.29 is 24.9 Å². The van der Waals surface area contributed by atoms with Crippen molar-refractivity contribution in [2.75, 3.05) is 6.61 Å². The Kier molecular flexibility index (Phi) is 7.05. The van der Waals surface area contributed by atoms with Crippen molar-refractivity contribution >= 4 is 23.6 Å². The second kappa shape index (κ2) is 11.2. The van der Waals surface area contributed by atoms with Crippen molar-refractivity contribution in [2.24, 2.45) is 4.99 Å². The first-order valence-electron chi connectivity index (χ1n) is 13.1. The zero-order chi connectivity index (χ0) is 26.5. The van der Waals surface area contributed by atoms with Crippen LogP contribution in [0, 0.1) is 0 Å². The van der Waals surface area contributed by atoms with Gasteiger partial charge in [0.2, 0.25) is 0 Å². The van der Waals surface area contributed by atoms with Gasteiger partial charge in [-0.2, -0.15) is 4.99 Å². The number of carbonyl (C=O) groups excluding carboxylic acids is 3. The lowest BCUT2D eigenvalue weighted by molar-refractivity contribution is -0.113. The predicted molar refractivity (Wildman–Crippen MR) is 138 cm³/mol. The van der Waals surface area contributed by atoms with E-state index in [1.807, 2.05) is 48.5 Å². The van der Waals surface area contributed by atoms with Crippen LogP contribution >= 0.6 is 0 Å². The standard InChI is InChI=1S/C29H29N3O5/c33-27-24(30-29(35)31-27)8-2-1-5-17-36-26-9-4-3-7-22(26)19-32(23-15-16-23)28(34)21-13-11-20(12-14-21)25-10-6-18-37-25/h3-4,6-7,9-14,18,23H,1-2,5,8,15-17,19H2,(H,31,33,35)/i19D. The quantitative estimate of drug-likeness (QED) is 0.337. The van der Waals surface area contributed by atoms with Gasteiger partial charge in [0.25, 0.3) is 11.8 Å². The number of hydrogen-bond acceptors (Lipinski definition) is 5. The third kappa shape index (κ3) is 6.14.